The van der Waals surface area contributed by atoms with Gasteiger partial charge in [-0.3, -0.25) is 9.58 Å². The van der Waals surface area contributed by atoms with Gasteiger partial charge in [-0.25, -0.2) is 0 Å². The fourth-order valence-corrected chi connectivity index (χ4v) is 4.01. The molecule has 0 aromatic carbocycles. The Labute approximate surface area is 130 Å². The molecular formula is C15H24ClN3O2. The van der Waals surface area contributed by atoms with Gasteiger partial charge in [0.2, 0.25) is 0 Å². The van der Waals surface area contributed by atoms with Crippen LogP contribution in [-0.4, -0.2) is 52.7 Å². The summed E-state index contributed by atoms with van der Waals surface area (Å²) in [6.45, 7) is 6.58. The van der Waals surface area contributed by atoms with E-state index < -0.39 is 0 Å². The van der Waals surface area contributed by atoms with Crippen LogP contribution in [0.1, 0.15) is 24.6 Å². The molecule has 1 aromatic heterocycles. The largest absolute Gasteiger partial charge is 0.396 e. The SMILES string of the molecule is CCc1nn(C)c(Cl)c1CN1C[C@@H]2COCC[C@]2(CO)C1. The molecule has 0 amide bonds. The van der Waals surface area contributed by atoms with Crippen molar-refractivity contribution in [2.75, 3.05) is 32.9 Å². The molecule has 3 rings (SSSR count). The predicted octanol–water partition coefficient (Wildman–Crippen LogP) is 1.47. The van der Waals surface area contributed by atoms with E-state index in [0.717, 1.165) is 62.1 Å². The molecule has 0 bridgehead atoms. The Balaban J connectivity index is 1.78. The smallest absolute Gasteiger partial charge is 0.131 e. The maximum Gasteiger partial charge on any atom is 0.131 e. The summed E-state index contributed by atoms with van der Waals surface area (Å²) in [6.07, 6.45) is 1.84. The number of fused-ring (bicyclic) bond motifs is 1. The summed E-state index contributed by atoms with van der Waals surface area (Å²) in [7, 11) is 1.89. The summed E-state index contributed by atoms with van der Waals surface area (Å²) >= 11 is 6.39. The molecule has 118 valence electrons. The van der Waals surface area contributed by atoms with Gasteiger partial charge in [-0.15, -0.1) is 0 Å². The van der Waals surface area contributed by atoms with Crippen LogP contribution in [0.25, 0.3) is 0 Å². The second-order valence-corrected chi connectivity index (χ2v) is 6.76. The van der Waals surface area contributed by atoms with Crippen LogP contribution >= 0.6 is 11.6 Å². The Hall–Kier alpha value is -0.620. The van der Waals surface area contributed by atoms with E-state index in [2.05, 4.69) is 16.9 Å². The zero-order valence-corrected chi connectivity index (χ0v) is 13.6. The highest BCUT2D eigenvalue weighted by Gasteiger charge is 2.47. The molecule has 1 aromatic rings. The molecular weight excluding hydrogens is 290 g/mol. The van der Waals surface area contributed by atoms with Gasteiger partial charge < -0.3 is 9.84 Å². The summed E-state index contributed by atoms with van der Waals surface area (Å²) in [5.74, 6) is 0.428. The average molecular weight is 314 g/mol. The van der Waals surface area contributed by atoms with Crippen molar-refractivity contribution in [3.8, 4) is 0 Å². The molecule has 0 unspecified atom stereocenters. The molecule has 2 aliphatic heterocycles. The maximum atomic E-state index is 9.87. The fourth-order valence-electron chi connectivity index (χ4n) is 3.80. The van der Waals surface area contributed by atoms with E-state index in [4.69, 9.17) is 16.3 Å². The number of aliphatic hydroxyl groups is 1. The number of ether oxygens (including phenoxy) is 1. The minimum Gasteiger partial charge on any atom is -0.396 e. The third-order valence-electron chi connectivity index (χ3n) is 5.13. The Morgan fingerprint density at radius 3 is 3.00 bits per heavy atom. The topological polar surface area (TPSA) is 50.5 Å². The Bertz CT molecular complexity index is 519. The minimum atomic E-state index is 0.0132. The molecule has 5 nitrogen and oxygen atoms in total. The number of nitrogens with zero attached hydrogens (tertiary/aromatic N) is 3. The van der Waals surface area contributed by atoms with E-state index in [9.17, 15) is 5.11 Å². The predicted molar refractivity (Wildman–Crippen MR) is 81.3 cm³/mol. The van der Waals surface area contributed by atoms with Gasteiger partial charge in [-0.1, -0.05) is 18.5 Å². The van der Waals surface area contributed by atoms with E-state index in [1.165, 1.54) is 0 Å². The van der Waals surface area contributed by atoms with Crippen molar-refractivity contribution in [2.45, 2.75) is 26.3 Å². The summed E-state index contributed by atoms with van der Waals surface area (Å²) in [4.78, 5) is 2.40. The lowest BCUT2D eigenvalue weighted by Crippen LogP contribution is -2.41. The van der Waals surface area contributed by atoms with Crippen molar-refractivity contribution in [3.63, 3.8) is 0 Å². The zero-order chi connectivity index (χ0) is 15.0. The van der Waals surface area contributed by atoms with E-state index >= 15 is 0 Å². The number of halogens is 1. The summed E-state index contributed by atoms with van der Waals surface area (Å²) in [5.41, 5.74) is 2.22. The molecule has 1 N–H and O–H groups in total. The Kier molecular flexibility index (Phi) is 4.28. The number of aryl methyl sites for hydroxylation is 2. The third-order valence-corrected chi connectivity index (χ3v) is 5.60. The number of hydrogen-bond acceptors (Lipinski definition) is 4. The number of aromatic nitrogens is 2. The standard InChI is InChI=1S/C15H24ClN3O2/c1-3-13-12(14(16)18(2)17-13)7-19-6-11-8-21-5-4-15(11,9-19)10-20/h11,20H,3-10H2,1-2H3/t11-,15-/m1/s1. The maximum absolute atomic E-state index is 9.87. The van der Waals surface area contributed by atoms with Gasteiger partial charge in [-0.2, -0.15) is 5.10 Å². The van der Waals surface area contributed by atoms with E-state index in [-0.39, 0.29) is 12.0 Å². The third kappa shape index (κ3) is 2.61. The molecule has 2 aliphatic rings. The van der Waals surface area contributed by atoms with Gasteiger partial charge in [0.15, 0.2) is 0 Å². The molecule has 0 aliphatic carbocycles. The highest BCUT2D eigenvalue weighted by molar-refractivity contribution is 6.30. The number of hydrogen-bond donors (Lipinski definition) is 1. The van der Waals surface area contributed by atoms with E-state index in [1.54, 1.807) is 4.68 Å². The lowest BCUT2D eigenvalue weighted by molar-refractivity contribution is -0.0417. The molecule has 0 radical (unpaired) electrons. The van der Waals surface area contributed by atoms with Gasteiger partial charge >= 0.3 is 0 Å². The quantitative estimate of drug-likeness (QED) is 0.914. The van der Waals surface area contributed by atoms with Gasteiger partial charge in [-0.05, 0) is 12.8 Å². The molecule has 2 atom stereocenters. The van der Waals surface area contributed by atoms with Gasteiger partial charge in [0.25, 0.3) is 0 Å². The first-order valence-corrected chi connectivity index (χ1v) is 8.08. The van der Waals surface area contributed by atoms with Crippen LogP contribution in [0.4, 0.5) is 0 Å². The van der Waals surface area contributed by atoms with Crippen LogP contribution in [0, 0.1) is 11.3 Å². The van der Waals surface area contributed by atoms with Crippen molar-refractivity contribution in [1.29, 1.82) is 0 Å². The van der Waals surface area contributed by atoms with Crippen molar-refractivity contribution in [2.24, 2.45) is 18.4 Å². The van der Waals surface area contributed by atoms with Crippen LogP contribution in [0.3, 0.4) is 0 Å². The van der Waals surface area contributed by atoms with Gasteiger partial charge in [0.05, 0.1) is 18.9 Å². The van der Waals surface area contributed by atoms with E-state index in [0.29, 0.717) is 5.92 Å². The molecule has 0 saturated carbocycles. The minimum absolute atomic E-state index is 0.0132. The molecule has 2 saturated heterocycles. The van der Waals surface area contributed by atoms with Crippen LogP contribution in [0.15, 0.2) is 0 Å². The fraction of sp³-hybridized carbons (Fsp3) is 0.800. The summed E-state index contributed by atoms with van der Waals surface area (Å²) in [6, 6.07) is 0. The molecule has 3 heterocycles. The molecule has 6 heteroatoms. The normalized spacial score (nSPS) is 29.8. The monoisotopic (exact) mass is 313 g/mol. The highest BCUT2D eigenvalue weighted by atomic mass is 35.5. The molecule has 21 heavy (non-hydrogen) atoms. The highest BCUT2D eigenvalue weighted by Crippen LogP contribution is 2.42. The Morgan fingerprint density at radius 2 is 2.33 bits per heavy atom. The summed E-state index contributed by atoms with van der Waals surface area (Å²) in [5, 5.41) is 15.1. The van der Waals surface area contributed by atoms with Gasteiger partial charge in [0, 0.05) is 50.2 Å². The van der Waals surface area contributed by atoms with Crippen molar-refractivity contribution < 1.29 is 9.84 Å². The molecule has 2 fully saturated rings. The lowest BCUT2D eigenvalue weighted by Gasteiger charge is -2.36. The van der Waals surface area contributed by atoms with Crippen molar-refractivity contribution >= 4 is 11.6 Å². The van der Waals surface area contributed by atoms with Crippen LogP contribution in [-0.2, 0) is 24.8 Å². The number of aliphatic hydroxyl groups excluding tert-OH is 1. The lowest BCUT2D eigenvalue weighted by atomic mass is 9.75. The second kappa shape index (κ2) is 5.88. The van der Waals surface area contributed by atoms with Crippen LogP contribution in [0.5, 0.6) is 0 Å². The first kappa shape index (κ1) is 15.3. The summed E-state index contributed by atoms with van der Waals surface area (Å²) < 4.78 is 7.35. The number of rotatable bonds is 4. The Morgan fingerprint density at radius 1 is 1.52 bits per heavy atom. The first-order valence-electron chi connectivity index (χ1n) is 7.71. The first-order chi connectivity index (χ1) is 10.1. The average Bonchev–Trinajstić information content (AvgIpc) is 3.00. The zero-order valence-electron chi connectivity index (χ0n) is 12.8. The van der Waals surface area contributed by atoms with Crippen LogP contribution < -0.4 is 0 Å². The van der Waals surface area contributed by atoms with Crippen molar-refractivity contribution in [3.05, 3.63) is 16.4 Å². The van der Waals surface area contributed by atoms with Gasteiger partial charge in [0.1, 0.15) is 5.15 Å². The van der Waals surface area contributed by atoms with Crippen molar-refractivity contribution in [1.82, 2.24) is 14.7 Å². The second-order valence-electron chi connectivity index (χ2n) is 6.41. The number of likely N-dealkylation sites (tertiary alicyclic amines) is 1. The van der Waals surface area contributed by atoms with E-state index in [1.807, 2.05) is 7.05 Å². The molecule has 0 spiro atoms. The van der Waals surface area contributed by atoms with Crippen LogP contribution in [0.2, 0.25) is 5.15 Å².